The van der Waals surface area contributed by atoms with Crippen molar-refractivity contribution in [3.8, 4) is 0 Å². The van der Waals surface area contributed by atoms with E-state index < -0.39 is 17.5 Å². The van der Waals surface area contributed by atoms with Crippen LogP contribution in [-0.2, 0) is 14.2 Å². The van der Waals surface area contributed by atoms with Crippen LogP contribution in [-0.4, -0.2) is 44.8 Å². The smallest absolute Gasteiger partial charge is 0.407 e. The number of rotatable bonds is 6. The highest BCUT2D eigenvalue weighted by Crippen LogP contribution is 2.14. The van der Waals surface area contributed by atoms with Crippen molar-refractivity contribution in [3.05, 3.63) is 0 Å². The minimum absolute atomic E-state index is 0.187. The summed E-state index contributed by atoms with van der Waals surface area (Å²) in [5, 5.41) is 2.60. The molecule has 0 fully saturated rings. The zero-order valence-corrected chi connectivity index (χ0v) is 11.3. The maximum atomic E-state index is 11.5. The topological polar surface area (TPSA) is 82.8 Å². The molecule has 0 saturated carbocycles. The lowest BCUT2D eigenvalue weighted by atomic mass is 10.2. The Hall–Kier alpha value is -0.850. The third-order valence-electron chi connectivity index (χ3n) is 2.17. The largest absolute Gasteiger partial charge is 0.444 e. The number of methoxy groups -OCH3 is 2. The predicted molar refractivity (Wildman–Crippen MR) is 64.7 cm³/mol. The van der Waals surface area contributed by atoms with Crippen LogP contribution in [0, 0.1) is 0 Å². The molecule has 102 valence electrons. The fraction of sp³-hybridized carbons (Fsp3) is 0.909. The molecule has 0 aliphatic rings. The molecule has 0 aromatic rings. The van der Waals surface area contributed by atoms with Gasteiger partial charge in [-0.05, 0) is 27.3 Å². The van der Waals surface area contributed by atoms with Crippen molar-refractivity contribution in [2.45, 2.75) is 38.6 Å². The van der Waals surface area contributed by atoms with Gasteiger partial charge < -0.3 is 25.3 Å². The summed E-state index contributed by atoms with van der Waals surface area (Å²) in [7, 11) is 3.02. The Kier molecular flexibility index (Phi) is 6.44. The number of amides is 1. The first-order valence-corrected chi connectivity index (χ1v) is 5.56. The molecule has 0 aliphatic heterocycles. The fourth-order valence-electron chi connectivity index (χ4n) is 1.26. The van der Waals surface area contributed by atoms with E-state index in [1.165, 1.54) is 14.2 Å². The minimum atomic E-state index is -0.897. The van der Waals surface area contributed by atoms with E-state index in [1.54, 1.807) is 20.8 Å². The van der Waals surface area contributed by atoms with E-state index in [1.807, 2.05) is 0 Å². The molecule has 3 N–H and O–H groups in total. The van der Waals surface area contributed by atoms with Crippen molar-refractivity contribution in [2.24, 2.45) is 5.73 Å². The van der Waals surface area contributed by atoms with Crippen molar-refractivity contribution < 1.29 is 19.0 Å². The molecule has 0 spiro atoms. The number of nitrogens with two attached hydrogens (primary N) is 1. The van der Waals surface area contributed by atoms with Gasteiger partial charge in [0.2, 0.25) is 0 Å². The van der Waals surface area contributed by atoms with Gasteiger partial charge in [0.1, 0.15) is 5.60 Å². The lowest BCUT2D eigenvalue weighted by molar-refractivity contribution is -0.204. The normalized spacial score (nSPS) is 12.4. The van der Waals surface area contributed by atoms with Gasteiger partial charge in [-0.2, -0.15) is 0 Å². The maximum Gasteiger partial charge on any atom is 0.407 e. The van der Waals surface area contributed by atoms with Crippen LogP contribution < -0.4 is 11.1 Å². The number of hydrogen-bond acceptors (Lipinski definition) is 5. The van der Waals surface area contributed by atoms with Crippen molar-refractivity contribution >= 4 is 6.09 Å². The molecule has 0 radical (unpaired) electrons. The lowest BCUT2D eigenvalue weighted by Gasteiger charge is -2.31. The Balaban J connectivity index is 4.26. The Morgan fingerprint density at radius 2 is 1.76 bits per heavy atom. The van der Waals surface area contributed by atoms with Gasteiger partial charge in [-0.3, -0.25) is 0 Å². The van der Waals surface area contributed by atoms with Gasteiger partial charge in [-0.25, -0.2) is 4.79 Å². The fourth-order valence-corrected chi connectivity index (χ4v) is 1.26. The van der Waals surface area contributed by atoms with Crippen LogP contribution in [0.3, 0.4) is 0 Å². The quantitative estimate of drug-likeness (QED) is 0.681. The molecule has 0 aromatic carbocycles. The Labute approximate surface area is 103 Å². The van der Waals surface area contributed by atoms with Gasteiger partial charge in [-0.15, -0.1) is 0 Å². The molecule has 0 rings (SSSR count). The number of carbonyl (C=O) groups is 1. The van der Waals surface area contributed by atoms with Crippen LogP contribution in [0.25, 0.3) is 0 Å². The van der Waals surface area contributed by atoms with Gasteiger partial charge in [0.05, 0.1) is 6.54 Å². The second-order valence-electron chi connectivity index (χ2n) is 4.71. The van der Waals surface area contributed by atoms with Crippen LogP contribution in [0.5, 0.6) is 0 Å². The van der Waals surface area contributed by atoms with E-state index in [-0.39, 0.29) is 6.54 Å². The molecule has 0 heterocycles. The Bertz CT molecular complexity index is 234. The third-order valence-corrected chi connectivity index (χ3v) is 2.17. The molecule has 17 heavy (non-hydrogen) atoms. The summed E-state index contributed by atoms with van der Waals surface area (Å²) in [6.07, 6.45) is -0.0245. The molecule has 1 amide bonds. The van der Waals surface area contributed by atoms with Crippen molar-refractivity contribution in [1.82, 2.24) is 5.32 Å². The van der Waals surface area contributed by atoms with Gasteiger partial charge >= 0.3 is 6.09 Å². The zero-order chi connectivity index (χ0) is 13.5. The van der Waals surface area contributed by atoms with E-state index >= 15 is 0 Å². The van der Waals surface area contributed by atoms with Crippen LogP contribution >= 0.6 is 0 Å². The lowest BCUT2D eigenvalue weighted by Crippen LogP contribution is -2.48. The second-order valence-corrected chi connectivity index (χ2v) is 4.71. The Morgan fingerprint density at radius 3 is 2.12 bits per heavy atom. The van der Waals surface area contributed by atoms with E-state index in [0.717, 1.165) is 0 Å². The summed E-state index contributed by atoms with van der Waals surface area (Å²) < 4.78 is 15.6. The van der Waals surface area contributed by atoms with Crippen molar-refractivity contribution in [2.75, 3.05) is 27.3 Å². The SMILES string of the molecule is COC(CCN)(CNC(=O)OC(C)(C)C)OC. The van der Waals surface area contributed by atoms with E-state index in [9.17, 15) is 4.79 Å². The third kappa shape index (κ3) is 6.45. The summed E-state index contributed by atoms with van der Waals surface area (Å²) in [4.78, 5) is 11.5. The highest BCUT2D eigenvalue weighted by molar-refractivity contribution is 5.67. The Morgan fingerprint density at radius 1 is 1.24 bits per heavy atom. The van der Waals surface area contributed by atoms with E-state index in [4.69, 9.17) is 19.9 Å². The van der Waals surface area contributed by atoms with Crippen LogP contribution in [0.2, 0.25) is 0 Å². The highest BCUT2D eigenvalue weighted by atomic mass is 16.7. The van der Waals surface area contributed by atoms with Gasteiger partial charge in [0, 0.05) is 20.6 Å². The molecule has 0 atom stereocenters. The number of carbonyl (C=O) groups excluding carboxylic acids is 1. The van der Waals surface area contributed by atoms with Gasteiger partial charge in [0.25, 0.3) is 0 Å². The number of hydrogen-bond donors (Lipinski definition) is 2. The summed E-state index contributed by atoms with van der Waals surface area (Å²) in [5.41, 5.74) is 4.94. The first-order valence-electron chi connectivity index (χ1n) is 5.56. The maximum absolute atomic E-state index is 11.5. The molecule has 0 bridgehead atoms. The molecule has 6 nitrogen and oxygen atoms in total. The predicted octanol–water partition coefficient (Wildman–Crippen LogP) is 0.849. The second kappa shape index (κ2) is 6.78. The monoisotopic (exact) mass is 248 g/mol. The average Bonchev–Trinajstić information content (AvgIpc) is 2.22. The molecule has 0 unspecified atom stereocenters. The molecule has 0 saturated heterocycles. The summed E-state index contributed by atoms with van der Waals surface area (Å²) in [5.74, 6) is -0.897. The van der Waals surface area contributed by atoms with Crippen LogP contribution in [0.15, 0.2) is 0 Å². The standard InChI is InChI=1S/C11H24N2O4/c1-10(2,3)17-9(14)13-8-11(15-4,16-5)6-7-12/h6-8,12H2,1-5H3,(H,13,14). The van der Waals surface area contributed by atoms with E-state index in [2.05, 4.69) is 5.32 Å². The van der Waals surface area contributed by atoms with Gasteiger partial charge in [-0.1, -0.05) is 0 Å². The molecular formula is C11H24N2O4. The van der Waals surface area contributed by atoms with E-state index in [0.29, 0.717) is 13.0 Å². The first-order chi connectivity index (χ1) is 7.78. The van der Waals surface area contributed by atoms with Gasteiger partial charge in [0.15, 0.2) is 5.79 Å². The number of ether oxygens (including phenoxy) is 3. The molecule has 0 aliphatic carbocycles. The number of alkyl carbamates (subject to hydrolysis) is 1. The molecular weight excluding hydrogens is 224 g/mol. The average molecular weight is 248 g/mol. The molecule has 6 heteroatoms. The molecule has 0 aromatic heterocycles. The summed E-state index contributed by atoms with van der Waals surface area (Å²) in [6, 6.07) is 0. The first kappa shape index (κ1) is 16.1. The minimum Gasteiger partial charge on any atom is -0.444 e. The van der Waals surface area contributed by atoms with Crippen LogP contribution in [0.4, 0.5) is 4.79 Å². The summed E-state index contributed by atoms with van der Waals surface area (Å²) >= 11 is 0. The van der Waals surface area contributed by atoms with Crippen molar-refractivity contribution in [3.63, 3.8) is 0 Å². The van der Waals surface area contributed by atoms with Crippen molar-refractivity contribution in [1.29, 1.82) is 0 Å². The summed E-state index contributed by atoms with van der Waals surface area (Å²) in [6.45, 7) is 5.98. The van der Waals surface area contributed by atoms with Crippen LogP contribution in [0.1, 0.15) is 27.2 Å². The highest BCUT2D eigenvalue weighted by Gasteiger charge is 2.30. The zero-order valence-electron chi connectivity index (χ0n) is 11.3. The number of nitrogens with one attached hydrogen (secondary N) is 1.